The molecular formula is C20H18O5. The molecule has 0 unspecified atom stereocenters. The lowest BCUT2D eigenvalue weighted by molar-refractivity contribution is 0.0980. The molecule has 0 aliphatic rings. The quantitative estimate of drug-likeness (QED) is 0.734. The van der Waals surface area contributed by atoms with Crippen molar-refractivity contribution in [1.82, 2.24) is 0 Å². The van der Waals surface area contributed by atoms with Crippen LogP contribution in [0, 0.1) is 0 Å². The third-order valence-corrected chi connectivity index (χ3v) is 3.73. The van der Waals surface area contributed by atoms with E-state index in [0.29, 0.717) is 22.6 Å². The summed E-state index contributed by atoms with van der Waals surface area (Å²) in [5.74, 6) is -0.178. The van der Waals surface area contributed by atoms with Gasteiger partial charge in [0.15, 0.2) is 23.1 Å². The highest BCUT2D eigenvalue weighted by molar-refractivity contribution is 6.08. The first-order chi connectivity index (χ1) is 11.7. The summed E-state index contributed by atoms with van der Waals surface area (Å²) < 4.78 is 5.70. The van der Waals surface area contributed by atoms with Gasteiger partial charge in [-0.3, -0.25) is 19.2 Å². The zero-order chi connectivity index (χ0) is 18.7. The summed E-state index contributed by atoms with van der Waals surface area (Å²) in [6.07, 6.45) is 0. The highest BCUT2D eigenvalue weighted by Gasteiger charge is 2.15. The standard InChI is InChI=1S/C20H18O5/c1-11(21)17-7-5-15(9-19(17)13(3)23)25-16-6-8-18(12(2)22)20(10-16)14(4)24/h5-10H,1-4H3. The molecule has 5 nitrogen and oxygen atoms in total. The average Bonchev–Trinajstić information content (AvgIpc) is 2.54. The van der Waals surface area contributed by atoms with Gasteiger partial charge in [-0.25, -0.2) is 0 Å². The van der Waals surface area contributed by atoms with E-state index in [4.69, 9.17) is 4.74 Å². The Kier molecular flexibility index (Phi) is 5.27. The van der Waals surface area contributed by atoms with Gasteiger partial charge in [0, 0.05) is 22.3 Å². The van der Waals surface area contributed by atoms with Gasteiger partial charge in [0.1, 0.15) is 11.5 Å². The molecule has 128 valence electrons. The molecule has 2 aromatic carbocycles. The van der Waals surface area contributed by atoms with Crippen molar-refractivity contribution in [2.75, 3.05) is 0 Å². The maximum atomic E-state index is 11.7. The van der Waals surface area contributed by atoms with E-state index < -0.39 is 0 Å². The number of carbonyl (C=O) groups is 4. The predicted octanol–water partition coefficient (Wildman–Crippen LogP) is 4.29. The maximum Gasteiger partial charge on any atom is 0.160 e. The Labute approximate surface area is 145 Å². The van der Waals surface area contributed by atoms with Crippen LogP contribution in [0.15, 0.2) is 36.4 Å². The second-order valence-electron chi connectivity index (χ2n) is 5.74. The van der Waals surface area contributed by atoms with Crippen molar-refractivity contribution in [3.8, 4) is 11.5 Å². The van der Waals surface area contributed by atoms with Crippen molar-refractivity contribution >= 4 is 23.1 Å². The van der Waals surface area contributed by atoms with Crippen LogP contribution in [-0.2, 0) is 0 Å². The Morgan fingerprint density at radius 1 is 0.560 bits per heavy atom. The van der Waals surface area contributed by atoms with Gasteiger partial charge in [-0.2, -0.15) is 0 Å². The van der Waals surface area contributed by atoms with Crippen LogP contribution in [0.2, 0.25) is 0 Å². The number of rotatable bonds is 6. The van der Waals surface area contributed by atoms with Crippen molar-refractivity contribution in [2.45, 2.75) is 27.7 Å². The number of ether oxygens (including phenoxy) is 1. The Bertz CT molecular complexity index is 819. The minimum absolute atomic E-state index is 0.207. The number of carbonyl (C=O) groups excluding carboxylic acids is 4. The highest BCUT2D eigenvalue weighted by atomic mass is 16.5. The summed E-state index contributed by atoms with van der Waals surface area (Å²) >= 11 is 0. The first kappa shape index (κ1) is 18.3. The van der Waals surface area contributed by atoms with Crippen molar-refractivity contribution < 1.29 is 23.9 Å². The summed E-state index contributed by atoms with van der Waals surface area (Å²) in [6.45, 7) is 5.53. The average molecular weight is 338 g/mol. The fourth-order valence-electron chi connectivity index (χ4n) is 2.51. The molecule has 2 rings (SSSR count). The number of Topliss-reactive ketones (excluding diaryl/α,β-unsaturated/α-hetero) is 4. The van der Waals surface area contributed by atoms with Crippen molar-refractivity contribution in [1.29, 1.82) is 0 Å². The molecule has 2 aromatic rings. The Morgan fingerprint density at radius 2 is 0.880 bits per heavy atom. The smallest absolute Gasteiger partial charge is 0.160 e. The number of hydrogen-bond acceptors (Lipinski definition) is 5. The van der Waals surface area contributed by atoms with Crippen LogP contribution in [0.5, 0.6) is 11.5 Å². The topological polar surface area (TPSA) is 77.5 Å². The minimum atomic E-state index is -0.244. The van der Waals surface area contributed by atoms with Crippen LogP contribution in [0.3, 0.4) is 0 Å². The summed E-state index contributed by atoms with van der Waals surface area (Å²) in [6, 6.07) is 9.20. The second-order valence-corrected chi connectivity index (χ2v) is 5.74. The van der Waals surface area contributed by atoms with Gasteiger partial charge in [-0.1, -0.05) is 0 Å². The number of benzene rings is 2. The Balaban J connectivity index is 2.43. The third-order valence-electron chi connectivity index (χ3n) is 3.73. The summed E-state index contributed by atoms with van der Waals surface area (Å²) in [7, 11) is 0. The molecule has 0 atom stereocenters. The Morgan fingerprint density at radius 3 is 1.16 bits per heavy atom. The van der Waals surface area contributed by atoms with E-state index in [1.807, 2.05) is 0 Å². The Hall–Kier alpha value is -3.08. The van der Waals surface area contributed by atoms with E-state index >= 15 is 0 Å². The summed E-state index contributed by atoms with van der Waals surface area (Å²) in [4.78, 5) is 46.7. The second kappa shape index (κ2) is 7.21. The van der Waals surface area contributed by atoms with E-state index in [2.05, 4.69) is 0 Å². The van der Waals surface area contributed by atoms with Crippen LogP contribution in [0.25, 0.3) is 0 Å². The van der Waals surface area contributed by atoms with E-state index in [-0.39, 0.29) is 34.3 Å². The SMILES string of the molecule is CC(=O)c1ccc(Oc2ccc(C(C)=O)c(C(C)=O)c2)cc1C(C)=O. The number of hydrogen-bond donors (Lipinski definition) is 0. The molecule has 0 aliphatic carbocycles. The first-order valence-corrected chi connectivity index (χ1v) is 7.70. The van der Waals surface area contributed by atoms with Crippen LogP contribution >= 0.6 is 0 Å². The van der Waals surface area contributed by atoms with Gasteiger partial charge in [0.25, 0.3) is 0 Å². The van der Waals surface area contributed by atoms with Crippen LogP contribution in [0.1, 0.15) is 69.1 Å². The minimum Gasteiger partial charge on any atom is -0.457 e. The first-order valence-electron chi connectivity index (χ1n) is 7.70. The molecule has 0 radical (unpaired) electrons. The lowest BCUT2D eigenvalue weighted by atomic mass is 10.0. The van der Waals surface area contributed by atoms with Gasteiger partial charge in [0.05, 0.1) is 0 Å². The van der Waals surface area contributed by atoms with E-state index in [1.165, 1.54) is 52.0 Å². The molecule has 0 aliphatic heterocycles. The van der Waals surface area contributed by atoms with Gasteiger partial charge in [-0.05, 0) is 64.1 Å². The van der Waals surface area contributed by atoms with Crippen LogP contribution in [0.4, 0.5) is 0 Å². The van der Waals surface area contributed by atoms with Crippen LogP contribution in [-0.4, -0.2) is 23.1 Å². The molecule has 0 fully saturated rings. The fourth-order valence-corrected chi connectivity index (χ4v) is 2.51. The lowest BCUT2D eigenvalue weighted by Crippen LogP contribution is -2.05. The molecular weight excluding hydrogens is 320 g/mol. The molecule has 5 heteroatoms. The predicted molar refractivity (Wildman–Crippen MR) is 93.0 cm³/mol. The number of ketones is 4. The molecule has 0 saturated heterocycles. The van der Waals surface area contributed by atoms with Crippen LogP contribution < -0.4 is 4.74 Å². The van der Waals surface area contributed by atoms with Gasteiger partial charge < -0.3 is 4.74 Å². The normalized spacial score (nSPS) is 10.2. The molecule has 0 N–H and O–H groups in total. The molecule has 0 heterocycles. The third kappa shape index (κ3) is 4.07. The van der Waals surface area contributed by atoms with Gasteiger partial charge in [0.2, 0.25) is 0 Å². The molecule has 0 aromatic heterocycles. The molecule has 25 heavy (non-hydrogen) atoms. The zero-order valence-electron chi connectivity index (χ0n) is 14.5. The highest BCUT2D eigenvalue weighted by Crippen LogP contribution is 2.27. The fraction of sp³-hybridized carbons (Fsp3) is 0.200. The molecule has 0 spiro atoms. The maximum absolute atomic E-state index is 11.7. The van der Waals surface area contributed by atoms with Crippen molar-refractivity contribution in [2.24, 2.45) is 0 Å². The molecule has 0 saturated carbocycles. The monoisotopic (exact) mass is 338 g/mol. The van der Waals surface area contributed by atoms with E-state index in [9.17, 15) is 19.2 Å². The lowest BCUT2D eigenvalue weighted by Gasteiger charge is -2.11. The largest absolute Gasteiger partial charge is 0.457 e. The van der Waals surface area contributed by atoms with Gasteiger partial charge in [-0.15, -0.1) is 0 Å². The zero-order valence-corrected chi connectivity index (χ0v) is 14.5. The molecule has 0 amide bonds. The summed E-state index contributed by atoms with van der Waals surface area (Å²) in [5, 5.41) is 0. The van der Waals surface area contributed by atoms with Crippen molar-refractivity contribution in [3.63, 3.8) is 0 Å². The van der Waals surface area contributed by atoms with Crippen molar-refractivity contribution in [3.05, 3.63) is 58.7 Å². The van der Waals surface area contributed by atoms with E-state index in [0.717, 1.165) is 0 Å². The molecule has 0 bridgehead atoms. The van der Waals surface area contributed by atoms with Gasteiger partial charge >= 0.3 is 0 Å². The summed E-state index contributed by atoms with van der Waals surface area (Å²) in [5.41, 5.74) is 1.21. The van der Waals surface area contributed by atoms with E-state index in [1.54, 1.807) is 12.1 Å².